The van der Waals surface area contributed by atoms with Gasteiger partial charge in [0.2, 0.25) is 0 Å². The lowest BCUT2D eigenvalue weighted by molar-refractivity contribution is -0.134. The highest BCUT2D eigenvalue weighted by Crippen LogP contribution is 2.38. The first kappa shape index (κ1) is 24.0. The van der Waals surface area contributed by atoms with E-state index in [0.29, 0.717) is 34.3 Å². The van der Waals surface area contributed by atoms with Gasteiger partial charge in [-0.05, 0) is 55.5 Å². The first-order chi connectivity index (χ1) is 15.3. The Hall–Kier alpha value is -2.61. The topological polar surface area (TPSA) is 100.0 Å². The number of rotatable bonds is 6. The van der Waals surface area contributed by atoms with Gasteiger partial charge in [0.25, 0.3) is 0 Å². The molecule has 0 amide bonds. The second-order valence-corrected chi connectivity index (χ2v) is 8.52. The van der Waals surface area contributed by atoms with E-state index < -0.39 is 11.9 Å². The number of benzene rings is 1. The zero-order chi connectivity index (χ0) is 23.1. The number of pyridine rings is 1. The lowest BCUT2D eigenvalue weighted by Gasteiger charge is -2.39. The van der Waals surface area contributed by atoms with E-state index in [1.165, 1.54) is 18.4 Å². The van der Waals surface area contributed by atoms with Crippen LogP contribution in [0.25, 0.3) is 0 Å². The quantitative estimate of drug-likeness (QED) is 0.581. The Bertz CT molecular complexity index is 940. The van der Waals surface area contributed by atoms with Crippen LogP contribution in [0, 0.1) is 0 Å². The monoisotopic (exact) mass is 478 g/mol. The minimum Gasteiger partial charge on any atom is -0.490 e. The first-order valence-electron chi connectivity index (χ1n) is 10.2. The van der Waals surface area contributed by atoms with Crippen LogP contribution in [0.5, 0.6) is 5.75 Å². The van der Waals surface area contributed by atoms with Gasteiger partial charge in [-0.15, -0.1) is 0 Å². The number of aromatic nitrogens is 1. The third-order valence-corrected chi connectivity index (χ3v) is 6.26. The van der Waals surface area contributed by atoms with E-state index in [9.17, 15) is 9.59 Å². The van der Waals surface area contributed by atoms with Crippen molar-refractivity contribution in [3.63, 3.8) is 0 Å². The third-order valence-electron chi connectivity index (χ3n) is 5.52. The number of hydrogen-bond donors (Lipinski definition) is 2. The fraction of sp³-hybridized carbons (Fsp3) is 0.348. The maximum absolute atomic E-state index is 9.55. The molecule has 2 aromatic rings. The Morgan fingerprint density at radius 2 is 1.59 bits per heavy atom. The fourth-order valence-corrected chi connectivity index (χ4v) is 4.45. The molecule has 0 aliphatic carbocycles. The van der Waals surface area contributed by atoms with Crippen molar-refractivity contribution >= 4 is 35.1 Å². The summed E-state index contributed by atoms with van der Waals surface area (Å²) in [4.78, 5) is 25.9. The molecular weight excluding hydrogens is 455 g/mol. The summed E-state index contributed by atoms with van der Waals surface area (Å²) in [6, 6.07) is 10.9. The number of hydrogen-bond acceptors (Lipinski definition) is 5. The van der Waals surface area contributed by atoms with Crippen LogP contribution in [0.4, 0.5) is 0 Å². The second kappa shape index (κ2) is 11.3. The Labute approximate surface area is 196 Å². The molecule has 2 bridgehead atoms. The molecule has 0 radical (unpaired) electrons. The molecule has 9 heteroatoms. The molecule has 1 aromatic heterocycles. The summed E-state index contributed by atoms with van der Waals surface area (Å²) in [5, 5.41) is 16.7. The summed E-state index contributed by atoms with van der Waals surface area (Å²) in [7, 11) is 0. The van der Waals surface area contributed by atoms with Crippen molar-refractivity contribution in [2.24, 2.45) is 0 Å². The Morgan fingerprint density at radius 3 is 2.12 bits per heavy atom. The molecule has 0 spiro atoms. The number of piperidine rings is 1. The minimum atomic E-state index is -1.26. The van der Waals surface area contributed by atoms with Gasteiger partial charge < -0.3 is 14.9 Å². The standard InChI is InChI=1S/C19H20Cl2N2O.C4H4O4/c20-18-4-3-16(11-19(18)21)24-17-9-14-1-2-15(10-17)23(14)12-13-5-7-22-8-6-13;5-3(6)1-2-4(7)8/h3-8,11,14-15,17H,1-2,9-10,12H2;1-2H,(H,5,6)(H,7,8). The molecule has 2 aliphatic heterocycles. The van der Waals surface area contributed by atoms with Gasteiger partial charge in [-0.1, -0.05) is 23.2 Å². The van der Waals surface area contributed by atoms with E-state index in [1.54, 1.807) is 6.07 Å². The van der Waals surface area contributed by atoms with Crippen LogP contribution in [0.2, 0.25) is 10.0 Å². The van der Waals surface area contributed by atoms with Crippen LogP contribution >= 0.6 is 23.2 Å². The summed E-state index contributed by atoms with van der Waals surface area (Å²) in [5.41, 5.74) is 1.34. The maximum Gasteiger partial charge on any atom is 0.328 e. The summed E-state index contributed by atoms with van der Waals surface area (Å²) in [5.74, 6) is -1.70. The molecule has 1 aromatic carbocycles. The highest BCUT2D eigenvalue weighted by molar-refractivity contribution is 6.42. The molecule has 7 nitrogen and oxygen atoms in total. The number of halogens is 2. The molecule has 2 unspecified atom stereocenters. The van der Waals surface area contributed by atoms with Gasteiger partial charge in [0, 0.05) is 49.2 Å². The predicted molar refractivity (Wildman–Crippen MR) is 121 cm³/mol. The predicted octanol–water partition coefficient (Wildman–Crippen LogP) is 4.67. The van der Waals surface area contributed by atoms with Gasteiger partial charge in [-0.3, -0.25) is 9.88 Å². The smallest absolute Gasteiger partial charge is 0.328 e. The van der Waals surface area contributed by atoms with Gasteiger partial charge in [0.1, 0.15) is 11.9 Å². The molecule has 0 saturated carbocycles. The molecule has 32 heavy (non-hydrogen) atoms. The van der Waals surface area contributed by atoms with Gasteiger partial charge in [0.05, 0.1) is 10.0 Å². The van der Waals surface area contributed by atoms with Gasteiger partial charge in [-0.25, -0.2) is 9.59 Å². The highest BCUT2D eigenvalue weighted by Gasteiger charge is 2.41. The lowest BCUT2D eigenvalue weighted by Crippen LogP contribution is -2.45. The number of carbonyl (C=O) groups is 2. The lowest BCUT2D eigenvalue weighted by atomic mass is 9.99. The third kappa shape index (κ3) is 6.95. The number of carboxylic acid groups (broad SMARTS) is 2. The molecular formula is C23H24Cl2N2O5. The Kier molecular flexibility index (Phi) is 8.50. The van der Waals surface area contributed by atoms with Crippen molar-refractivity contribution in [1.82, 2.24) is 9.88 Å². The number of fused-ring (bicyclic) bond motifs is 2. The average molecular weight is 479 g/mol. The van der Waals surface area contributed by atoms with Crippen molar-refractivity contribution in [1.29, 1.82) is 0 Å². The molecule has 3 heterocycles. The number of ether oxygens (including phenoxy) is 1. The molecule has 170 valence electrons. The van der Waals surface area contributed by atoms with Crippen LogP contribution in [0.1, 0.15) is 31.2 Å². The molecule has 2 N–H and O–H groups in total. The van der Waals surface area contributed by atoms with Gasteiger partial charge >= 0.3 is 11.9 Å². The van der Waals surface area contributed by atoms with Crippen molar-refractivity contribution in [2.45, 2.75) is 50.4 Å². The van der Waals surface area contributed by atoms with E-state index in [2.05, 4.69) is 22.0 Å². The minimum absolute atomic E-state index is 0.258. The molecule has 2 saturated heterocycles. The van der Waals surface area contributed by atoms with E-state index in [0.717, 1.165) is 25.1 Å². The Balaban J connectivity index is 0.000000312. The average Bonchev–Trinajstić information content (AvgIpc) is 2.98. The summed E-state index contributed by atoms with van der Waals surface area (Å²) in [6.07, 6.45) is 9.78. The van der Waals surface area contributed by atoms with Crippen molar-refractivity contribution < 1.29 is 24.5 Å². The van der Waals surface area contributed by atoms with E-state index in [4.69, 9.17) is 38.2 Å². The molecule has 2 aliphatic rings. The van der Waals surface area contributed by atoms with Crippen molar-refractivity contribution in [3.8, 4) is 5.75 Å². The largest absolute Gasteiger partial charge is 0.490 e. The maximum atomic E-state index is 9.55. The fourth-order valence-electron chi connectivity index (χ4n) is 4.16. The molecule has 2 fully saturated rings. The van der Waals surface area contributed by atoms with Crippen LogP contribution in [0.15, 0.2) is 54.9 Å². The van der Waals surface area contributed by atoms with Crippen LogP contribution in [-0.2, 0) is 16.1 Å². The summed E-state index contributed by atoms with van der Waals surface area (Å²) in [6.45, 7) is 1.01. The van der Waals surface area contributed by atoms with Crippen molar-refractivity contribution in [2.75, 3.05) is 0 Å². The van der Waals surface area contributed by atoms with Crippen LogP contribution < -0.4 is 4.74 Å². The number of carboxylic acids is 2. The van der Waals surface area contributed by atoms with E-state index in [1.807, 2.05) is 24.5 Å². The zero-order valence-electron chi connectivity index (χ0n) is 17.2. The summed E-state index contributed by atoms with van der Waals surface area (Å²) < 4.78 is 6.19. The highest BCUT2D eigenvalue weighted by atomic mass is 35.5. The van der Waals surface area contributed by atoms with Gasteiger partial charge in [0.15, 0.2) is 0 Å². The summed E-state index contributed by atoms with van der Waals surface area (Å²) >= 11 is 12.1. The second-order valence-electron chi connectivity index (χ2n) is 7.71. The SMILES string of the molecule is Clc1ccc(OC2CC3CCC(C2)N3Cc2ccncc2)cc1Cl.O=C(O)C=CC(=O)O. The number of nitrogens with zero attached hydrogens (tertiary/aromatic N) is 2. The van der Waals surface area contributed by atoms with Crippen molar-refractivity contribution in [3.05, 3.63) is 70.5 Å². The zero-order valence-corrected chi connectivity index (χ0v) is 18.7. The first-order valence-corrected chi connectivity index (χ1v) is 11.0. The number of aliphatic carboxylic acids is 2. The van der Waals surface area contributed by atoms with E-state index in [-0.39, 0.29) is 6.10 Å². The Morgan fingerprint density at radius 1 is 1.00 bits per heavy atom. The molecule has 4 rings (SSSR count). The van der Waals surface area contributed by atoms with Gasteiger partial charge in [-0.2, -0.15) is 0 Å². The normalized spacial score (nSPS) is 22.2. The van der Waals surface area contributed by atoms with E-state index >= 15 is 0 Å². The van der Waals surface area contributed by atoms with Crippen LogP contribution in [0.3, 0.4) is 0 Å². The molecule has 2 atom stereocenters. The van der Waals surface area contributed by atoms with Crippen LogP contribution in [-0.4, -0.2) is 50.2 Å².